The third-order valence-corrected chi connectivity index (χ3v) is 5.34. The van der Waals surface area contributed by atoms with Crippen molar-refractivity contribution in [3.8, 4) is 0 Å². The molecule has 144 valence electrons. The Morgan fingerprint density at radius 2 is 1.85 bits per heavy atom. The number of carbonyl (C=O) groups is 2. The fourth-order valence-corrected chi connectivity index (χ4v) is 3.51. The first-order valence-electron chi connectivity index (χ1n) is 9.05. The number of rotatable bonds is 6. The van der Waals surface area contributed by atoms with Crippen molar-refractivity contribution < 1.29 is 14.3 Å². The minimum Gasteiger partial charge on any atom is -0.381 e. The van der Waals surface area contributed by atoms with Gasteiger partial charge in [0.25, 0.3) is 0 Å². The van der Waals surface area contributed by atoms with Crippen molar-refractivity contribution in [1.29, 1.82) is 0 Å². The molecular formula is C19H28ClN3O3. The molecule has 2 aliphatic heterocycles. The first kappa shape index (κ1) is 20.7. The van der Waals surface area contributed by atoms with Gasteiger partial charge in [0.15, 0.2) is 0 Å². The first-order valence-corrected chi connectivity index (χ1v) is 9.05. The molecule has 0 aromatic heterocycles. The van der Waals surface area contributed by atoms with Gasteiger partial charge in [-0.1, -0.05) is 24.3 Å². The zero-order valence-electron chi connectivity index (χ0n) is 15.0. The van der Waals surface area contributed by atoms with E-state index in [1.165, 1.54) is 0 Å². The van der Waals surface area contributed by atoms with Crippen molar-refractivity contribution in [2.75, 3.05) is 26.3 Å². The zero-order valence-corrected chi connectivity index (χ0v) is 15.9. The van der Waals surface area contributed by atoms with Crippen molar-refractivity contribution in [2.24, 2.45) is 11.1 Å². The Morgan fingerprint density at radius 1 is 1.19 bits per heavy atom. The largest absolute Gasteiger partial charge is 0.381 e. The van der Waals surface area contributed by atoms with Crippen LogP contribution in [0.3, 0.4) is 0 Å². The summed E-state index contributed by atoms with van der Waals surface area (Å²) < 4.78 is 5.35. The van der Waals surface area contributed by atoms with Crippen LogP contribution >= 0.6 is 12.4 Å². The molecule has 6 nitrogen and oxygen atoms in total. The lowest BCUT2D eigenvalue weighted by molar-refractivity contribution is -0.136. The quantitative estimate of drug-likeness (QED) is 0.783. The van der Waals surface area contributed by atoms with Crippen LogP contribution in [0.2, 0.25) is 0 Å². The van der Waals surface area contributed by atoms with E-state index in [4.69, 9.17) is 10.5 Å². The summed E-state index contributed by atoms with van der Waals surface area (Å²) in [7, 11) is 0. The molecule has 0 aliphatic carbocycles. The van der Waals surface area contributed by atoms with Gasteiger partial charge in [0.1, 0.15) is 0 Å². The maximum Gasteiger partial charge on any atom is 0.227 e. The molecule has 3 rings (SSSR count). The average molecular weight is 382 g/mol. The van der Waals surface area contributed by atoms with Gasteiger partial charge < -0.3 is 20.7 Å². The van der Waals surface area contributed by atoms with Gasteiger partial charge in [0, 0.05) is 45.8 Å². The summed E-state index contributed by atoms with van der Waals surface area (Å²) in [5, 5.41) is 3.02. The lowest BCUT2D eigenvalue weighted by Crippen LogP contribution is -2.48. The van der Waals surface area contributed by atoms with E-state index in [1.807, 2.05) is 29.2 Å². The monoisotopic (exact) mass is 381 g/mol. The second-order valence-corrected chi connectivity index (χ2v) is 7.01. The molecule has 26 heavy (non-hydrogen) atoms. The number of nitrogens with one attached hydrogen (secondary N) is 1. The van der Waals surface area contributed by atoms with Crippen molar-refractivity contribution in [2.45, 2.75) is 38.8 Å². The molecule has 2 amide bonds. The molecule has 2 saturated heterocycles. The van der Waals surface area contributed by atoms with Crippen LogP contribution in [0, 0.1) is 5.41 Å². The summed E-state index contributed by atoms with van der Waals surface area (Å²) in [6, 6.07) is 8.07. The highest BCUT2D eigenvalue weighted by molar-refractivity contribution is 5.85. The molecule has 1 aromatic rings. The fraction of sp³-hybridized carbons (Fsp3) is 0.579. The Labute approximate surface area is 160 Å². The van der Waals surface area contributed by atoms with Crippen LogP contribution in [0.15, 0.2) is 24.3 Å². The topological polar surface area (TPSA) is 84.7 Å². The average Bonchev–Trinajstić information content (AvgIpc) is 3.06. The Morgan fingerprint density at radius 3 is 2.42 bits per heavy atom. The molecule has 2 aliphatic rings. The number of benzene rings is 1. The highest BCUT2D eigenvalue weighted by Crippen LogP contribution is 2.29. The second kappa shape index (κ2) is 9.35. The number of nitrogens with two attached hydrogens (primary N) is 1. The summed E-state index contributed by atoms with van der Waals surface area (Å²) in [5.41, 5.74) is 7.54. The second-order valence-electron chi connectivity index (χ2n) is 7.01. The molecule has 0 atom stereocenters. The molecule has 0 bridgehead atoms. The molecule has 0 spiro atoms. The van der Waals surface area contributed by atoms with Crippen LogP contribution in [-0.4, -0.2) is 43.0 Å². The predicted octanol–water partition coefficient (Wildman–Crippen LogP) is 1.60. The van der Waals surface area contributed by atoms with Crippen LogP contribution in [0.4, 0.5) is 0 Å². The van der Waals surface area contributed by atoms with E-state index in [1.54, 1.807) is 0 Å². The Kier molecular flexibility index (Phi) is 7.43. The summed E-state index contributed by atoms with van der Waals surface area (Å²) in [6.07, 6.45) is 2.98. The summed E-state index contributed by atoms with van der Waals surface area (Å²) in [6.45, 7) is 3.54. The van der Waals surface area contributed by atoms with E-state index in [9.17, 15) is 9.59 Å². The molecule has 2 heterocycles. The molecule has 2 fully saturated rings. The van der Waals surface area contributed by atoms with Gasteiger partial charge in [-0.25, -0.2) is 0 Å². The summed E-state index contributed by atoms with van der Waals surface area (Å²) in [5.74, 6) is 0.255. The summed E-state index contributed by atoms with van der Waals surface area (Å²) >= 11 is 0. The number of amides is 2. The maximum absolute atomic E-state index is 12.6. The van der Waals surface area contributed by atoms with Gasteiger partial charge in [-0.2, -0.15) is 0 Å². The van der Waals surface area contributed by atoms with Gasteiger partial charge in [0.2, 0.25) is 11.8 Å². The van der Waals surface area contributed by atoms with E-state index >= 15 is 0 Å². The highest BCUT2D eigenvalue weighted by Gasteiger charge is 2.38. The molecule has 0 saturated carbocycles. The molecule has 3 N–H and O–H groups in total. The Bertz CT molecular complexity index is 615. The normalized spacial score (nSPS) is 19.1. The van der Waals surface area contributed by atoms with Crippen molar-refractivity contribution in [1.82, 2.24) is 10.2 Å². The first-order chi connectivity index (χ1) is 12.1. The van der Waals surface area contributed by atoms with Crippen molar-refractivity contribution >= 4 is 24.2 Å². The SMILES string of the molecule is Cl.NCC1(C(=O)NCc2ccc(CN3CCCC3=O)cc2)CCOCC1. The smallest absolute Gasteiger partial charge is 0.227 e. The molecule has 1 aromatic carbocycles. The van der Waals surface area contributed by atoms with Crippen LogP contribution in [0.5, 0.6) is 0 Å². The van der Waals surface area contributed by atoms with E-state index in [0.717, 1.165) is 24.1 Å². The standard InChI is InChI=1S/C19H27N3O3.ClH/c20-14-19(7-10-25-11-8-19)18(24)21-12-15-3-5-16(6-4-15)13-22-9-1-2-17(22)23;/h3-6H,1-2,7-14,20H2,(H,21,24);1H. The predicted molar refractivity (Wildman–Crippen MR) is 102 cm³/mol. The van der Waals surface area contributed by atoms with Crippen molar-refractivity contribution in [3.05, 3.63) is 35.4 Å². The molecule has 0 radical (unpaired) electrons. The van der Waals surface area contributed by atoms with E-state index in [2.05, 4.69) is 5.32 Å². The summed E-state index contributed by atoms with van der Waals surface area (Å²) in [4.78, 5) is 26.2. The van der Waals surface area contributed by atoms with E-state index in [-0.39, 0.29) is 24.2 Å². The lowest BCUT2D eigenvalue weighted by atomic mass is 9.79. The van der Waals surface area contributed by atoms with Gasteiger partial charge in [-0.3, -0.25) is 9.59 Å². The Balaban J connectivity index is 0.00000243. The number of ether oxygens (including phenoxy) is 1. The molecular weight excluding hydrogens is 354 g/mol. The Hall–Kier alpha value is -1.63. The van der Waals surface area contributed by atoms with Crippen LogP contribution in [0.1, 0.15) is 36.8 Å². The third kappa shape index (κ3) is 4.75. The number of nitrogens with zero attached hydrogens (tertiary/aromatic N) is 1. The number of hydrogen-bond donors (Lipinski definition) is 2. The van der Waals surface area contributed by atoms with Gasteiger partial charge in [-0.05, 0) is 30.4 Å². The van der Waals surface area contributed by atoms with Crippen molar-refractivity contribution in [3.63, 3.8) is 0 Å². The minimum absolute atomic E-state index is 0. The number of carbonyl (C=O) groups excluding carboxylic acids is 2. The van der Waals surface area contributed by atoms with Crippen LogP contribution < -0.4 is 11.1 Å². The lowest BCUT2D eigenvalue weighted by Gasteiger charge is -2.34. The minimum atomic E-state index is -0.492. The highest BCUT2D eigenvalue weighted by atomic mass is 35.5. The zero-order chi connectivity index (χ0) is 17.7. The maximum atomic E-state index is 12.6. The van der Waals surface area contributed by atoms with Gasteiger partial charge in [-0.15, -0.1) is 12.4 Å². The van der Waals surface area contributed by atoms with E-state index < -0.39 is 5.41 Å². The van der Waals surface area contributed by atoms with Crippen LogP contribution in [0.25, 0.3) is 0 Å². The number of likely N-dealkylation sites (tertiary alicyclic amines) is 1. The third-order valence-electron chi connectivity index (χ3n) is 5.34. The fourth-order valence-electron chi connectivity index (χ4n) is 3.51. The molecule has 7 heteroatoms. The van der Waals surface area contributed by atoms with E-state index in [0.29, 0.717) is 52.1 Å². The molecule has 0 unspecified atom stereocenters. The number of halogens is 1. The van der Waals surface area contributed by atoms with Crippen LogP contribution in [-0.2, 0) is 27.4 Å². The van der Waals surface area contributed by atoms with Gasteiger partial charge in [0.05, 0.1) is 5.41 Å². The number of hydrogen-bond acceptors (Lipinski definition) is 4. The van der Waals surface area contributed by atoms with Gasteiger partial charge >= 0.3 is 0 Å².